The number of ether oxygens (including phenoxy) is 2. The van der Waals surface area contributed by atoms with Gasteiger partial charge in [0.05, 0.1) is 14.2 Å². The molecule has 92 valence electrons. The predicted molar refractivity (Wildman–Crippen MR) is 74.1 cm³/mol. The van der Waals surface area contributed by atoms with Crippen molar-refractivity contribution < 1.29 is 9.47 Å². The van der Waals surface area contributed by atoms with Crippen molar-refractivity contribution in [3.63, 3.8) is 0 Å². The number of methoxy groups -OCH3 is 2. The summed E-state index contributed by atoms with van der Waals surface area (Å²) < 4.78 is 10.7. The van der Waals surface area contributed by atoms with Gasteiger partial charge in [0.15, 0.2) is 0 Å². The van der Waals surface area contributed by atoms with Crippen molar-refractivity contribution in [2.24, 2.45) is 0 Å². The molecule has 2 aromatic carbocycles. The molecule has 0 aliphatic rings. The van der Waals surface area contributed by atoms with Gasteiger partial charge in [-0.3, -0.25) is 0 Å². The molecule has 0 N–H and O–H groups in total. The molecule has 0 atom stereocenters. The van der Waals surface area contributed by atoms with E-state index in [4.69, 9.17) is 9.47 Å². The molecule has 0 unspecified atom stereocenters. The number of hydrogen-bond donors (Lipinski definition) is 0. The van der Waals surface area contributed by atoms with Crippen LogP contribution in [0.25, 0.3) is 5.57 Å². The molecule has 0 radical (unpaired) electrons. The predicted octanol–water partition coefficient (Wildman–Crippen LogP) is 3.77. The van der Waals surface area contributed by atoms with Gasteiger partial charge in [-0.2, -0.15) is 0 Å². The van der Waals surface area contributed by atoms with Crippen LogP contribution in [0.3, 0.4) is 0 Å². The lowest BCUT2D eigenvalue weighted by Gasteiger charge is -2.13. The van der Waals surface area contributed by atoms with Crippen LogP contribution in [0, 0.1) is 0 Å². The molecule has 0 aromatic heterocycles. The van der Waals surface area contributed by atoms with Crippen molar-refractivity contribution in [1.29, 1.82) is 0 Å². The summed E-state index contributed by atoms with van der Waals surface area (Å²) >= 11 is 0. The standard InChI is InChI=1S/C16H16O2/c1-12(13-8-4-6-10-15(13)17-2)14-9-5-7-11-16(14)18-3/h4-11H,1H2,2-3H3. The second kappa shape index (κ2) is 5.41. The van der Waals surface area contributed by atoms with Crippen molar-refractivity contribution in [2.45, 2.75) is 0 Å². The van der Waals surface area contributed by atoms with Crippen LogP contribution in [-0.2, 0) is 0 Å². The molecule has 0 spiro atoms. The Balaban J connectivity index is 2.48. The molecule has 2 aromatic rings. The lowest BCUT2D eigenvalue weighted by atomic mass is 9.98. The second-order valence-electron chi connectivity index (χ2n) is 3.88. The highest BCUT2D eigenvalue weighted by molar-refractivity contribution is 5.83. The van der Waals surface area contributed by atoms with E-state index in [2.05, 4.69) is 6.58 Å². The Morgan fingerprint density at radius 3 is 1.56 bits per heavy atom. The van der Waals surface area contributed by atoms with Gasteiger partial charge < -0.3 is 9.47 Å². The minimum absolute atomic E-state index is 0.813. The fraction of sp³-hybridized carbons (Fsp3) is 0.125. The smallest absolute Gasteiger partial charge is 0.126 e. The third-order valence-corrected chi connectivity index (χ3v) is 2.86. The van der Waals surface area contributed by atoms with Crippen LogP contribution in [-0.4, -0.2) is 14.2 Å². The first kappa shape index (κ1) is 12.2. The van der Waals surface area contributed by atoms with Gasteiger partial charge in [0, 0.05) is 11.1 Å². The first-order valence-electron chi connectivity index (χ1n) is 5.73. The van der Waals surface area contributed by atoms with Gasteiger partial charge in [-0.15, -0.1) is 0 Å². The first-order valence-corrected chi connectivity index (χ1v) is 5.73. The molecular formula is C16H16O2. The molecule has 0 amide bonds. The van der Waals surface area contributed by atoms with Crippen LogP contribution in [0.15, 0.2) is 55.1 Å². The fourth-order valence-electron chi connectivity index (χ4n) is 1.93. The molecule has 18 heavy (non-hydrogen) atoms. The highest BCUT2D eigenvalue weighted by Crippen LogP contribution is 2.33. The molecule has 0 saturated heterocycles. The van der Waals surface area contributed by atoms with Crippen molar-refractivity contribution in [1.82, 2.24) is 0 Å². The quantitative estimate of drug-likeness (QED) is 0.810. The monoisotopic (exact) mass is 240 g/mol. The number of rotatable bonds is 4. The zero-order chi connectivity index (χ0) is 13.0. The summed E-state index contributed by atoms with van der Waals surface area (Å²) in [6.07, 6.45) is 0. The Labute approximate surface area is 107 Å². The molecule has 2 nitrogen and oxygen atoms in total. The van der Waals surface area contributed by atoms with E-state index >= 15 is 0 Å². The van der Waals surface area contributed by atoms with Crippen molar-refractivity contribution in [2.75, 3.05) is 14.2 Å². The van der Waals surface area contributed by atoms with E-state index in [0.29, 0.717) is 0 Å². The van der Waals surface area contributed by atoms with Gasteiger partial charge in [0.2, 0.25) is 0 Å². The van der Waals surface area contributed by atoms with E-state index in [1.54, 1.807) is 14.2 Å². The maximum atomic E-state index is 5.36. The molecule has 0 aliphatic heterocycles. The summed E-state index contributed by atoms with van der Waals surface area (Å²) in [4.78, 5) is 0. The summed E-state index contributed by atoms with van der Waals surface area (Å²) in [6, 6.07) is 15.7. The summed E-state index contributed by atoms with van der Waals surface area (Å²) in [5.74, 6) is 1.63. The van der Waals surface area contributed by atoms with Crippen LogP contribution >= 0.6 is 0 Å². The Hall–Kier alpha value is -2.22. The summed E-state index contributed by atoms with van der Waals surface area (Å²) in [6.45, 7) is 4.15. The van der Waals surface area contributed by atoms with Crippen molar-refractivity contribution >= 4 is 5.57 Å². The molecule has 0 heterocycles. The highest BCUT2D eigenvalue weighted by atomic mass is 16.5. The number of para-hydroxylation sites is 2. The normalized spacial score (nSPS) is 9.89. The van der Waals surface area contributed by atoms with Gasteiger partial charge in [-0.1, -0.05) is 43.0 Å². The van der Waals surface area contributed by atoms with Gasteiger partial charge >= 0.3 is 0 Å². The maximum absolute atomic E-state index is 5.36. The van der Waals surface area contributed by atoms with E-state index in [9.17, 15) is 0 Å². The molecule has 2 rings (SSSR count). The third kappa shape index (κ3) is 2.23. The van der Waals surface area contributed by atoms with Gasteiger partial charge in [0.1, 0.15) is 11.5 Å². The molecule has 2 heteroatoms. The average molecular weight is 240 g/mol. The number of hydrogen-bond acceptors (Lipinski definition) is 2. The van der Waals surface area contributed by atoms with Gasteiger partial charge in [-0.05, 0) is 17.7 Å². The topological polar surface area (TPSA) is 18.5 Å². The minimum Gasteiger partial charge on any atom is -0.496 e. The van der Waals surface area contributed by atoms with E-state index < -0.39 is 0 Å². The molecule has 0 fully saturated rings. The Morgan fingerprint density at radius 1 is 0.778 bits per heavy atom. The zero-order valence-corrected chi connectivity index (χ0v) is 10.6. The van der Waals surface area contributed by atoms with Crippen LogP contribution < -0.4 is 9.47 Å². The second-order valence-corrected chi connectivity index (χ2v) is 3.88. The fourth-order valence-corrected chi connectivity index (χ4v) is 1.93. The van der Waals surface area contributed by atoms with Crippen LogP contribution in [0.2, 0.25) is 0 Å². The van der Waals surface area contributed by atoms with E-state index in [-0.39, 0.29) is 0 Å². The summed E-state index contributed by atoms with van der Waals surface area (Å²) in [7, 11) is 3.32. The van der Waals surface area contributed by atoms with Crippen molar-refractivity contribution in [3.8, 4) is 11.5 Å². The van der Waals surface area contributed by atoms with Crippen LogP contribution in [0.5, 0.6) is 11.5 Å². The lowest BCUT2D eigenvalue weighted by molar-refractivity contribution is 0.411. The van der Waals surface area contributed by atoms with E-state index in [0.717, 1.165) is 28.2 Å². The van der Waals surface area contributed by atoms with Crippen LogP contribution in [0.4, 0.5) is 0 Å². The third-order valence-electron chi connectivity index (χ3n) is 2.86. The van der Waals surface area contributed by atoms with E-state index in [1.165, 1.54) is 0 Å². The largest absolute Gasteiger partial charge is 0.496 e. The SMILES string of the molecule is C=C(c1ccccc1OC)c1ccccc1OC. The first-order chi connectivity index (χ1) is 8.77. The summed E-state index contributed by atoms with van der Waals surface area (Å²) in [5.41, 5.74) is 2.85. The highest BCUT2D eigenvalue weighted by Gasteiger charge is 2.11. The average Bonchev–Trinajstić information content (AvgIpc) is 2.46. The Morgan fingerprint density at radius 2 is 1.17 bits per heavy atom. The van der Waals surface area contributed by atoms with E-state index in [1.807, 2.05) is 48.5 Å². The Bertz CT molecular complexity index is 509. The zero-order valence-electron chi connectivity index (χ0n) is 10.6. The molecular weight excluding hydrogens is 224 g/mol. The van der Waals surface area contributed by atoms with Crippen molar-refractivity contribution in [3.05, 3.63) is 66.2 Å². The molecule has 0 saturated carbocycles. The molecule has 0 bridgehead atoms. The summed E-state index contributed by atoms with van der Waals surface area (Å²) in [5, 5.41) is 0. The van der Waals surface area contributed by atoms with Crippen LogP contribution in [0.1, 0.15) is 11.1 Å². The maximum Gasteiger partial charge on any atom is 0.126 e. The minimum atomic E-state index is 0.813. The molecule has 0 aliphatic carbocycles. The van der Waals surface area contributed by atoms with Gasteiger partial charge in [-0.25, -0.2) is 0 Å². The number of benzene rings is 2. The Kier molecular flexibility index (Phi) is 3.68. The lowest BCUT2D eigenvalue weighted by Crippen LogP contribution is -1.95. The van der Waals surface area contributed by atoms with Gasteiger partial charge in [0.25, 0.3) is 0 Å².